The van der Waals surface area contributed by atoms with Gasteiger partial charge in [-0.3, -0.25) is 0 Å². The van der Waals surface area contributed by atoms with Crippen molar-refractivity contribution in [1.29, 1.82) is 0 Å². The first-order chi connectivity index (χ1) is 6.75. The third-order valence-corrected chi connectivity index (χ3v) is 3.42. The molecule has 2 unspecified atom stereocenters. The van der Waals surface area contributed by atoms with Gasteiger partial charge in [0.2, 0.25) is 0 Å². The zero-order valence-electron chi connectivity index (χ0n) is 8.11. The molecule has 0 aliphatic carbocycles. The van der Waals surface area contributed by atoms with E-state index < -0.39 is 0 Å². The molecule has 0 aromatic heterocycles. The maximum absolute atomic E-state index is 5.56. The lowest BCUT2D eigenvalue weighted by Gasteiger charge is -2.08. The molecular formula is C8H13N2OP3. The van der Waals surface area contributed by atoms with Gasteiger partial charge < -0.3 is 4.52 Å². The lowest BCUT2D eigenvalue weighted by Crippen LogP contribution is -1.90. The van der Waals surface area contributed by atoms with Gasteiger partial charge in [0.25, 0.3) is 0 Å². The van der Waals surface area contributed by atoms with Crippen LogP contribution in [-0.2, 0) is 0 Å². The molecule has 0 spiro atoms. The second-order valence-electron chi connectivity index (χ2n) is 2.73. The summed E-state index contributed by atoms with van der Waals surface area (Å²) in [6.45, 7) is 4.14. The van der Waals surface area contributed by atoms with Crippen LogP contribution < -0.4 is 9.38 Å². The Labute approximate surface area is 90.1 Å². The van der Waals surface area contributed by atoms with E-state index in [0.717, 1.165) is 14.3 Å². The summed E-state index contributed by atoms with van der Waals surface area (Å²) in [5.74, 6) is 0.940. The standard InChI is InChI=1S/C8H13N2OP3/c1-6-4-3-5-8(7(6)2)11-14-10-13-9-12/h3-5,14H,12H2,1-2H3,(H,9,10). The number of rotatable bonds is 4. The number of hydrogen-bond donors (Lipinski definition) is 1. The summed E-state index contributed by atoms with van der Waals surface area (Å²) in [6, 6.07) is 6.06. The van der Waals surface area contributed by atoms with Gasteiger partial charge in [-0.2, -0.15) is 0 Å². The monoisotopic (exact) mass is 246 g/mol. The second kappa shape index (κ2) is 6.43. The smallest absolute Gasteiger partial charge is 0.155 e. The summed E-state index contributed by atoms with van der Waals surface area (Å²) in [7, 11) is 3.36. The first-order valence-corrected chi connectivity index (χ1v) is 6.36. The molecule has 0 radical (unpaired) electrons. The van der Waals surface area contributed by atoms with Crippen LogP contribution in [0.4, 0.5) is 0 Å². The average molecular weight is 246 g/mol. The summed E-state index contributed by atoms with van der Waals surface area (Å²) in [5.41, 5.74) is 2.45. The largest absolute Gasteiger partial charge is 0.460 e. The number of aryl methyl sites for hydroxylation is 1. The third-order valence-electron chi connectivity index (χ3n) is 1.87. The van der Waals surface area contributed by atoms with Crippen molar-refractivity contribution in [2.24, 2.45) is 4.52 Å². The van der Waals surface area contributed by atoms with E-state index in [0.29, 0.717) is 0 Å². The van der Waals surface area contributed by atoms with Gasteiger partial charge >= 0.3 is 0 Å². The molecule has 0 saturated heterocycles. The highest BCUT2D eigenvalue weighted by Crippen LogP contribution is 2.26. The Morgan fingerprint density at radius 3 is 3.00 bits per heavy atom. The van der Waals surface area contributed by atoms with E-state index in [1.54, 1.807) is 0 Å². The van der Waals surface area contributed by atoms with Gasteiger partial charge in [-0.15, -0.1) is 0 Å². The van der Waals surface area contributed by atoms with E-state index in [9.17, 15) is 0 Å². The van der Waals surface area contributed by atoms with Gasteiger partial charge in [0.05, 0.1) is 0 Å². The molecule has 0 heterocycles. The van der Waals surface area contributed by atoms with Crippen molar-refractivity contribution >= 4 is 26.9 Å². The van der Waals surface area contributed by atoms with E-state index in [4.69, 9.17) is 4.52 Å². The van der Waals surface area contributed by atoms with Gasteiger partial charge in [0.15, 0.2) is 8.96 Å². The molecule has 6 heteroatoms. The zero-order chi connectivity index (χ0) is 10.4. The fourth-order valence-corrected chi connectivity index (χ4v) is 2.39. The molecule has 76 valence electrons. The minimum absolute atomic E-state index is 0.240. The van der Waals surface area contributed by atoms with Crippen molar-refractivity contribution in [2.75, 3.05) is 0 Å². The molecule has 0 fully saturated rings. The van der Waals surface area contributed by atoms with E-state index >= 15 is 0 Å². The van der Waals surface area contributed by atoms with Crippen LogP contribution in [-0.4, -0.2) is 0 Å². The predicted molar refractivity (Wildman–Crippen MR) is 67.1 cm³/mol. The highest BCUT2D eigenvalue weighted by atomic mass is 31.1. The van der Waals surface area contributed by atoms with Crippen LogP contribution in [0.2, 0.25) is 0 Å². The first kappa shape index (κ1) is 12.0. The Kier molecular flexibility index (Phi) is 5.52. The van der Waals surface area contributed by atoms with Crippen LogP contribution in [0.1, 0.15) is 11.1 Å². The number of benzene rings is 1. The van der Waals surface area contributed by atoms with Crippen LogP contribution in [0.3, 0.4) is 0 Å². The van der Waals surface area contributed by atoms with Gasteiger partial charge in [-0.05, 0) is 40.4 Å². The van der Waals surface area contributed by atoms with Crippen LogP contribution in [0, 0.1) is 13.8 Å². The quantitative estimate of drug-likeness (QED) is 0.650. The SMILES string of the molecule is Cc1cccc(OPNP=NP)c1C. The molecule has 2 atom stereocenters. The molecule has 0 aliphatic heterocycles. The Hall–Kier alpha value is -0.0600. The van der Waals surface area contributed by atoms with Crippen LogP contribution in [0.25, 0.3) is 0 Å². The zero-order valence-corrected chi connectivity index (χ0v) is 11.2. The minimum Gasteiger partial charge on any atom is -0.460 e. The summed E-state index contributed by atoms with van der Waals surface area (Å²) in [6.07, 6.45) is 0. The number of nitrogens with zero attached hydrogens (tertiary/aromatic N) is 1. The molecule has 0 saturated carbocycles. The van der Waals surface area contributed by atoms with E-state index in [2.05, 4.69) is 38.7 Å². The fraction of sp³-hybridized carbons (Fsp3) is 0.250. The second-order valence-corrected chi connectivity index (χ2v) is 5.16. The van der Waals surface area contributed by atoms with Gasteiger partial charge in [-0.25, -0.2) is 9.37 Å². The maximum atomic E-state index is 5.56. The molecule has 1 aromatic carbocycles. The van der Waals surface area contributed by atoms with Crippen molar-refractivity contribution in [3.05, 3.63) is 29.3 Å². The molecule has 1 N–H and O–H groups in total. The van der Waals surface area contributed by atoms with Gasteiger partial charge in [0.1, 0.15) is 14.3 Å². The molecule has 0 amide bonds. The lowest BCUT2D eigenvalue weighted by atomic mass is 10.1. The van der Waals surface area contributed by atoms with E-state index in [1.165, 1.54) is 11.1 Å². The molecule has 0 aliphatic rings. The Morgan fingerprint density at radius 2 is 2.29 bits per heavy atom. The Bertz CT molecular complexity index is 330. The van der Waals surface area contributed by atoms with E-state index in [1.807, 2.05) is 12.1 Å². The van der Waals surface area contributed by atoms with Gasteiger partial charge in [-0.1, -0.05) is 12.1 Å². The topological polar surface area (TPSA) is 33.6 Å². The number of hydrogen-bond acceptors (Lipinski definition) is 2. The van der Waals surface area contributed by atoms with Crippen LogP contribution >= 0.6 is 26.9 Å². The summed E-state index contributed by atoms with van der Waals surface area (Å²) in [5, 5.41) is 0. The number of nitrogens with one attached hydrogen (secondary N) is 1. The predicted octanol–water partition coefficient (Wildman–Crippen LogP) is 3.62. The van der Waals surface area contributed by atoms with Crippen molar-refractivity contribution < 1.29 is 4.52 Å². The first-order valence-electron chi connectivity index (χ1n) is 4.08. The molecule has 14 heavy (non-hydrogen) atoms. The average Bonchev–Trinajstić information content (AvgIpc) is 2.19. The normalized spacial score (nSPS) is 11.6. The lowest BCUT2D eigenvalue weighted by molar-refractivity contribution is 0.622. The summed E-state index contributed by atoms with van der Waals surface area (Å²) >= 11 is 0. The Morgan fingerprint density at radius 1 is 1.50 bits per heavy atom. The van der Waals surface area contributed by atoms with Crippen molar-refractivity contribution in [3.63, 3.8) is 0 Å². The van der Waals surface area contributed by atoms with Crippen LogP contribution in [0.5, 0.6) is 5.75 Å². The summed E-state index contributed by atoms with van der Waals surface area (Å²) in [4.78, 5) is 3.02. The van der Waals surface area contributed by atoms with Crippen molar-refractivity contribution in [2.45, 2.75) is 13.8 Å². The van der Waals surface area contributed by atoms with Crippen LogP contribution in [0.15, 0.2) is 22.7 Å². The van der Waals surface area contributed by atoms with Crippen molar-refractivity contribution in [3.8, 4) is 5.75 Å². The summed E-state index contributed by atoms with van der Waals surface area (Å²) < 4.78 is 9.37. The van der Waals surface area contributed by atoms with Gasteiger partial charge in [0, 0.05) is 0 Å². The highest BCUT2D eigenvalue weighted by Gasteiger charge is 2.00. The Balaban J connectivity index is 2.54. The molecular weight excluding hydrogens is 233 g/mol. The molecule has 3 nitrogen and oxygen atoms in total. The minimum atomic E-state index is 0.240. The van der Waals surface area contributed by atoms with E-state index in [-0.39, 0.29) is 8.96 Å². The highest BCUT2D eigenvalue weighted by molar-refractivity contribution is 7.46. The maximum Gasteiger partial charge on any atom is 0.155 e. The molecule has 1 rings (SSSR count). The molecule has 1 aromatic rings. The third kappa shape index (κ3) is 3.59. The van der Waals surface area contributed by atoms with Crippen molar-refractivity contribution in [1.82, 2.24) is 4.86 Å². The fourth-order valence-electron chi connectivity index (χ4n) is 0.962. The molecule has 0 bridgehead atoms.